The van der Waals surface area contributed by atoms with E-state index in [4.69, 9.17) is 5.11 Å². The van der Waals surface area contributed by atoms with Crippen LogP contribution in [0.5, 0.6) is 0 Å². The van der Waals surface area contributed by atoms with Crippen LogP contribution in [0.4, 0.5) is 0 Å². The van der Waals surface area contributed by atoms with E-state index in [0.29, 0.717) is 11.2 Å². The Balaban J connectivity index is 2.02. The Labute approximate surface area is 127 Å². The summed E-state index contributed by atoms with van der Waals surface area (Å²) in [5.41, 5.74) is 3.50. The van der Waals surface area contributed by atoms with Gasteiger partial charge in [-0.25, -0.2) is 0 Å². The quantitative estimate of drug-likeness (QED) is 0.860. The molecule has 1 N–H and O–H groups in total. The molecule has 3 rings (SSSR count). The Bertz CT molecular complexity index is 692. The van der Waals surface area contributed by atoms with E-state index in [9.17, 15) is 4.79 Å². The lowest BCUT2D eigenvalue weighted by Gasteiger charge is -2.11. The average molecular weight is 303 g/mol. The highest BCUT2D eigenvalue weighted by Crippen LogP contribution is 2.41. The van der Waals surface area contributed by atoms with Gasteiger partial charge in [0.25, 0.3) is 0 Å². The van der Waals surface area contributed by atoms with Crippen LogP contribution in [-0.4, -0.2) is 31.6 Å². The van der Waals surface area contributed by atoms with Gasteiger partial charge in [-0.2, -0.15) is 0 Å². The number of hydrogen-bond donors (Lipinski definition) is 1. The normalized spacial score (nSPS) is 14.4. The molecule has 1 saturated carbocycles. The summed E-state index contributed by atoms with van der Waals surface area (Å²) in [4.78, 5) is 10.8. The van der Waals surface area contributed by atoms with Crippen LogP contribution in [0, 0.1) is 13.8 Å². The third-order valence-electron chi connectivity index (χ3n) is 3.75. The van der Waals surface area contributed by atoms with E-state index >= 15 is 0 Å². The van der Waals surface area contributed by atoms with Gasteiger partial charge < -0.3 is 5.11 Å². The van der Waals surface area contributed by atoms with Gasteiger partial charge in [-0.3, -0.25) is 9.36 Å². The number of aryl methyl sites for hydroxylation is 1. The highest BCUT2D eigenvalue weighted by Gasteiger charge is 2.30. The van der Waals surface area contributed by atoms with E-state index in [-0.39, 0.29) is 5.75 Å². The fraction of sp³-hybridized carbons (Fsp3) is 0.400. The molecule has 0 spiro atoms. The molecule has 1 aromatic carbocycles. The summed E-state index contributed by atoms with van der Waals surface area (Å²) in [6.45, 7) is 4.16. The number of carboxylic acid groups (broad SMARTS) is 1. The molecule has 1 heterocycles. The smallest absolute Gasteiger partial charge is 0.313 e. The van der Waals surface area contributed by atoms with Crippen molar-refractivity contribution in [2.45, 2.75) is 37.9 Å². The monoisotopic (exact) mass is 303 g/mol. The number of rotatable bonds is 5. The first-order chi connectivity index (χ1) is 10.1. The zero-order valence-corrected chi connectivity index (χ0v) is 12.9. The van der Waals surface area contributed by atoms with Gasteiger partial charge in [-0.15, -0.1) is 10.2 Å². The molecular weight excluding hydrogens is 286 g/mol. The van der Waals surface area contributed by atoms with E-state index in [1.165, 1.54) is 22.9 Å². The summed E-state index contributed by atoms with van der Waals surface area (Å²) in [5, 5.41) is 18.1. The fourth-order valence-corrected chi connectivity index (χ4v) is 3.07. The molecule has 1 aliphatic rings. The molecule has 110 valence electrons. The van der Waals surface area contributed by atoms with Crippen LogP contribution in [0.15, 0.2) is 23.4 Å². The summed E-state index contributed by atoms with van der Waals surface area (Å²) in [7, 11) is 0. The van der Waals surface area contributed by atoms with Crippen LogP contribution in [0.25, 0.3) is 11.4 Å². The van der Waals surface area contributed by atoms with Gasteiger partial charge in [0.05, 0.1) is 5.75 Å². The Kier molecular flexibility index (Phi) is 3.71. The lowest BCUT2D eigenvalue weighted by molar-refractivity contribution is -0.133. The second kappa shape index (κ2) is 5.52. The maximum atomic E-state index is 10.8. The maximum Gasteiger partial charge on any atom is 0.313 e. The number of carbonyl (C=O) groups is 1. The molecule has 6 heteroatoms. The predicted octanol–water partition coefficient (Wildman–Crippen LogP) is 3.07. The van der Waals surface area contributed by atoms with Crippen LogP contribution in [-0.2, 0) is 4.79 Å². The number of thioether (sulfide) groups is 1. The van der Waals surface area contributed by atoms with Crippen LogP contribution in [0.3, 0.4) is 0 Å². The molecule has 0 unspecified atom stereocenters. The highest BCUT2D eigenvalue weighted by molar-refractivity contribution is 7.99. The zero-order chi connectivity index (χ0) is 15.0. The summed E-state index contributed by atoms with van der Waals surface area (Å²) < 4.78 is 2.11. The molecule has 1 fully saturated rings. The van der Waals surface area contributed by atoms with Crippen molar-refractivity contribution < 1.29 is 9.90 Å². The van der Waals surface area contributed by atoms with Crippen molar-refractivity contribution in [2.75, 3.05) is 5.75 Å². The van der Waals surface area contributed by atoms with Crippen molar-refractivity contribution >= 4 is 17.7 Å². The summed E-state index contributed by atoms with van der Waals surface area (Å²) in [6, 6.07) is 6.56. The lowest BCUT2D eigenvalue weighted by Crippen LogP contribution is -2.04. The summed E-state index contributed by atoms with van der Waals surface area (Å²) >= 11 is 1.24. The molecule has 0 bridgehead atoms. The van der Waals surface area contributed by atoms with Crippen LogP contribution < -0.4 is 0 Å². The van der Waals surface area contributed by atoms with Crippen molar-refractivity contribution in [1.29, 1.82) is 0 Å². The minimum Gasteiger partial charge on any atom is -0.481 e. The Morgan fingerprint density at radius 1 is 1.38 bits per heavy atom. The average Bonchev–Trinajstić information content (AvgIpc) is 3.20. The lowest BCUT2D eigenvalue weighted by atomic mass is 10.0. The third kappa shape index (κ3) is 2.81. The topological polar surface area (TPSA) is 68.0 Å². The number of hydrogen-bond acceptors (Lipinski definition) is 4. The van der Waals surface area contributed by atoms with Crippen molar-refractivity contribution in [2.24, 2.45) is 0 Å². The van der Waals surface area contributed by atoms with Gasteiger partial charge in [0.1, 0.15) is 0 Å². The summed E-state index contributed by atoms with van der Waals surface area (Å²) in [6.07, 6.45) is 2.22. The molecule has 0 atom stereocenters. The molecule has 0 radical (unpaired) electrons. The fourth-order valence-electron chi connectivity index (χ4n) is 2.34. The first kappa shape index (κ1) is 14.1. The minimum atomic E-state index is -0.835. The second-order valence-corrected chi connectivity index (χ2v) is 6.28. The number of benzene rings is 1. The molecule has 1 aliphatic carbocycles. The molecule has 0 aliphatic heterocycles. The van der Waals surface area contributed by atoms with Crippen molar-refractivity contribution in [1.82, 2.24) is 14.8 Å². The molecule has 5 nitrogen and oxygen atoms in total. The molecule has 2 aromatic rings. The Hall–Kier alpha value is -1.82. The molecule has 21 heavy (non-hydrogen) atoms. The molecule has 0 saturated heterocycles. The van der Waals surface area contributed by atoms with Crippen LogP contribution >= 0.6 is 11.8 Å². The standard InChI is InChI=1S/C15H17N3O2S/c1-9-4-3-5-12(10(9)2)14-16-17-15(21-8-13(19)20)18(14)11-6-7-11/h3-5,11H,6-8H2,1-2H3,(H,19,20). The largest absolute Gasteiger partial charge is 0.481 e. The van der Waals surface area contributed by atoms with E-state index in [1.807, 2.05) is 6.07 Å². The second-order valence-electron chi connectivity index (χ2n) is 5.34. The maximum absolute atomic E-state index is 10.8. The molecular formula is C15H17N3O2S. The van der Waals surface area contributed by atoms with Crippen molar-refractivity contribution in [3.05, 3.63) is 29.3 Å². The van der Waals surface area contributed by atoms with Gasteiger partial charge in [-0.1, -0.05) is 30.0 Å². The van der Waals surface area contributed by atoms with Gasteiger partial charge in [0.2, 0.25) is 0 Å². The summed E-state index contributed by atoms with van der Waals surface area (Å²) in [5.74, 6) is 0.0303. The van der Waals surface area contributed by atoms with E-state index in [1.54, 1.807) is 0 Å². The number of nitrogens with zero attached hydrogens (tertiary/aromatic N) is 3. The van der Waals surface area contributed by atoms with E-state index in [0.717, 1.165) is 24.2 Å². The number of carboxylic acids is 1. The molecule has 0 amide bonds. The Morgan fingerprint density at radius 2 is 2.14 bits per heavy atom. The van der Waals surface area contributed by atoms with Crippen molar-refractivity contribution in [3.63, 3.8) is 0 Å². The SMILES string of the molecule is Cc1cccc(-c2nnc(SCC(=O)O)n2C2CC2)c1C. The Morgan fingerprint density at radius 3 is 2.81 bits per heavy atom. The van der Waals surface area contributed by atoms with Crippen LogP contribution in [0.2, 0.25) is 0 Å². The van der Waals surface area contributed by atoms with Gasteiger partial charge in [0.15, 0.2) is 11.0 Å². The third-order valence-corrected chi connectivity index (χ3v) is 4.67. The van der Waals surface area contributed by atoms with Gasteiger partial charge >= 0.3 is 5.97 Å². The minimum absolute atomic E-state index is 0.0116. The van der Waals surface area contributed by atoms with Gasteiger partial charge in [0, 0.05) is 11.6 Å². The highest BCUT2D eigenvalue weighted by atomic mass is 32.2. The van der Waals surface area contributed by atoms with E-state index < -0.39 is 5.97 Å². The first-order valence-electron chi connectivity index (χ1n) is 6.94. The van der Waals surface area contributed by atoms with Crippen LogP contribution in [0.1, 0.15) is 30.0 Å². The first-order valence-corrected chi connectivity index (χ1v) is 7.92. The number of aliphatic carboxylic acids is 1. The number of aromatic nitrogens is 3. The van der Waals surface area contributed by atoms with Gasteiger partial charge in [-0.05, 0) is 37.8 Å². The molecule has 1 aromatic heterocycles. The van der Waals surface area contributed by atoms with E-state index in [2.05, 4.69) is 40.7 Å². The predicted molar refractivity (Wildman–Crippen MR) is 81.6 cm³/mol. The zero-order valence-electron chi connectivity index (χ0n) is 12.0. The van der Waals surface area contributed by atoms with Crippen molar-refractivity contribution in [3.8, 4) is 11.4 Å².